The van der Waals surface area contributed by atoms with Crippen molar-refractivity contribution < 1.29 is 19.1 Å². The predicted molar refractivity (Wildman–Crippen MR) is 125 cm³/mol. The molecule has 0 atom stereocenters. The van der Waals surface area contributed by atoms with Gasteiger partial charge in [0, 0.05) is 19.1 Å². The van der Waals surface area contributed by atoms with Crippen LogP contribution in [-0.2, 0) is 9.59 Å². The van der Waals surface area contributed by atoms with E-state index < -0.39 is 0 Å². The van der Waals surface area contributed by atoms with Crippen LogP contribution in [0, 0.1) is 34.6 Å². The zero-order valence-corrected chi connectivity index (χ0v) is 19.8. The minimum absolute atomic E-state index is 0.00925. The molecule has 1 aliphatic heterocycles. The number of hydrogen-bond donors (Lipinski definition) is 1. The highest BCUT2D eigenvalue weighted by Crippen LogP contribution is 2.26. The van der Waals surface area contributed by atoms with Crippen LogP contribution in [0.5, 0.6) is 11.5 Å². The highest BCUT2D eigenvalue weighted by atomic mass is 16.5. The number of ether oxygens (including phenoxy) is 2. The van der Waals surface area contributed by atoms with Gasteiger partial charge in [0.1, 0.15) is 11.5 Å². The van der Waals surface area contributed by atoms with Crippen LogP contribution < -0.4 is 14.8 Å². The van der Waals surface area contributed by atoms with Crippen molar-refractivity contribution in [2.75, 3.05) is 26.3 Å². The summed E-state index contributed by atoms with van der Waals surface area (Å²) < 4.78 is 11.5. The molecule has 6 heteroatoms. The number of likely N-dealkylation sites (tertiary alicyclic amines) is 1. The molecule has 2 aromatic carbocycles. The van der Waals surface area contributed by atoms with E-state index in [1.54, 1.807) is 0 Å². The van der Waals surface area contributed by atoms with Crippen LogP contribution >= 0.6 is 0 Å². The Kier molecular flexibility index (Phi) is 7.78. The van der Waals surface area contributed by atoms with Gasteiger partial charge < -0.3 is 19.7 Å². The summed E-state index contributed by atoms with van der Waals surface area (Å²) in [5.41, 5.74) is 5.58. The van der Waals surface area contributed by atoms with Gasteiger partial charge in [-0.25, -0.2) is 0 Å². The van der Waals surface area contributed by atoms with Gasteiger partial charge in [-0.2, -0.15) is 0 Å². The minimum Gasteiger partial charge on any atom is -0.484 e. The van der Waals surface area contributed by atoms with Crippen LogP contribution in [0.1, 0.15) is 40.7 Å². The maximum atomic E-state index is 12.6. The second kappa shape index (κ2) is 10.5. The standard InChI is InChI=1S/C26H34N2O4/c1-17-8-9-23(14-20(17)4)31-15-24(29)27-22-10-12-28(13-11-22)25(30)16-32-26-19(3)7-6-18(2)21(26)5/h6-9,14,22H,10-13,15-16H2,1-5H3,(H,27,29). The fourth-order valence-electron chi connectivity index (χ4n) is 3.87. The molecule has 32 heavy (non-hydrogen) atoms. The molecular weight excluding hydrogens is 404 g/mol. The molecule has 172 valence electrons. The summed E-state index contributed by atoms with van der Waals surface area (Å²) in [5.74, 6) is 1.34. The Bertz CT molecular complexity index is 978. The normalized spacial score (nSPS) is 14.2. The van der Waals surface area contributed by atoms with E-state index in [0.29, 0.717) is 18.8 Å². The summed E-state index contributed by atoms with van der Waals surface area (Å²) in [7, 11) is 0. The van der Waals surface area contributed by atoms with E-state index >= 15 is 0 Å². The number of piperidine rings is 1. The molecular formula is C26H34N2O4. The monoisotopic (exact) mass is 438 g/mol. The van der Waals surface area contributed by atoms with Gasteiger partial charge >= 0.3 is 0 Å². The van der Waals surface area contributed by atoms with Gasteiger partial charge in [0.05, 0.1) is 0 Å². The molecule has 0 unspecified atom stereocenters. The minimum atomic E-state index is -0.137. The lowest BCUT2D eigenvalue weighted by Gasteiger charge is -2.32. The fourth-order valence-corrected chi connectivity index (χ4v) is 3.87. The van der Waals surface area contributed by atoms with Crippen molar-refractivity contribution in [3.8, 4) is 11.5 Å². The molecule has 6 nitrogen and oxygen atoms in total. The van der Waals surface area contributed by atoms with Gasteiger partial charge in [0.25, 0.3) is 11.8 Å². The second-order valence-corrected chi connectivity index (χ2v) is 8.70. The summed E-state index contributed by atoms with van der Waals surface area (Å²) in [6.45, 7) is 11.3. The van der Waals surface area contributed by atoms with Crippen molar-refractivity contribution in [2.24, 2.45) is 0 Å². The Balaban J connectivity index is 1.40. The van der Waals surface area contributed by atoms with Crippen LogP contribution in [0.2, 0.25) is 0 Å². The summed E-state index contributed by atoms with van der Waals surface area (Å²) in [6.07, 6.45) is 1.45. The number of carbonyl (C=O) groups is 2. The van der Waals surface area contributed by atoms with Crippen molar-refractivity contribution >= 4 is 11.8 Å². The Morgan fingerprint density at radius 1 is 0.875 bits per heavy atom. The third-order valence-electron chi connectivity index (χ3n) is 6.27. The first-order chi connectivity index (χ1) is 15.2. The van der Waals surface area contributed by atoms with Crippen LogP contribution in [0.3, 0.4) is 0 Å². The molecule has 1 aliphatic rings. The van der Waals surface area contributed by atoms with Crippen molar-refractivity contribution in [3.05, 3.63) is 58.1 Å². The highest BCUT2D eigenvalue weighted by Gasteiger charge is 2.24. The third kappa shape index (κ3) is 6.02. The Labute approximate surface area is 190 Å². The van der Waals surface area contributed by atoms with E-state index in [9.17, 15) is 9.59 Å². The summed E-state index contributed by atoms with van der Waals surface area (Å²) in [6, 6.07) is 9.93. The number of aryl methyl sites for hydroxylation is 4. The summed E-state index contributed by atoms with van der Waals surface area (Å²) >= 11 is 0. The molecule has 3 rings (SSSR count). The van der Waals surface area contributed by atoms with Gasteiger partial charge in [-0.1, -0.05) is 18.2 Å². The van der Waals surface area contributed by atoms with Crippen molar-refractivity contribution in [1.82, 2.24) is 10.2 Å². The van der Waals surface area contributed by atoms with Gasteiger partial charge in [-0.3, -0.25) is 9.59 Å². The van der Waals surface area contributed by atoms with Crippen LogP contribution in [0.15, 0.2) is 30.3 Å². The van der Waals surface area contributed by atoms with Crippen molar-refractivity contribution in [3.63, 3.8) is 0 Å². The van der Waals surface area contributed by atoms with Gasteiger partial charge in [-0.15, -0.1) is 0 Å². The zero-order chi connectivity index (χ0) is 23.3. The Morgan fingerprint density at radius 2 is 1.53 bits per heavy atom. The maximum Gasteiger partial charge on any atom is 0.260 e. The fraction of sp³-hybridized carbons (Fsp3) is 0.462. The number of nitrogens with one attached hydrogen (secondary N) is 1. The molecule has 1 heterocycles. The molecule has 0 aliphatic carbocycles. The van der Waals surface area contributed by atoms with E-state index in [2.05, 4.69) is 11.4 Å². The highest BCUT2D eigenvalue weighted by molar-refractivity contribution is 5.79. The van der Waals surface area contributed by atoms with E-state index in [0.717, 1.165) is 40.8 Å². The van der Waals surface area contributed by atoms with E-state index in [1.807, 2.05) is 63.8 Å². The number of carbonyl (C=O) groups excluding carboxylic acids is 2. The SMILES string of the molecule is Cc1ccc(OCC(=O)NC2CCN(C(=O)COc3c(C)ccc(C)c3C)CC2)cc1C. The van der Waals surface area contributed by atoms with E-state index in [-0.39, 0.29) is 31.1 Å². The van der Waals surface area contributed by atoms with Crippen molar-refractivity contribution in [1.29, 1.82) is 0 Å². The average Bonchev–Trinajstić information content (AvgIpc) is 2.77. The Hall–Kier alpha value is -3.02. The summed E-state index contributed by atoms with van der Waals surface area (Å²) in [4.78, 5) is 26.7. The first kappa shape index (κ1) is 23.6. The topological polar surface area (TPSA) is 67.9 Å². The molecule has 0 saturated carbocycles. The lowest BCUT2D eigenvalue weighted by atomic mass is 10.0. The lowest BCUT2D eigenvalue weighted by Crippen LogP contribution is -2.48. The smallest absolute Gasteiger partial charge is 0.260 e. The van der Waals surface area contributed by atoms with Crippen molar-refractivity contribution in [2.45, 2.75) is 53.5 Å². The number of hydrogen-bond acceptors (Lipinski definition) is 4. The first-order valence-electron chi connectivity index (χ1n) is 11.2. The van der Waals surface area contributed by atoms with E-state index in [1.165, 1.54) is 5.56 Å². The van der Waals surface area contributed by atoms with Gasteiger partial charge in [0.2, 0.25) is 0 Å². The molecule has 2 amide bonds. The molecule has 0 bridgehead atoms. The van der Waals surface area contributed by atoms with Gasteiger partial charge in [0.15, 0.2) is 13.2 Å². The zero-order valence-electron chi connectivity index (χ0n) is 19.8. The summed E-state index contributed by atoms with van der Waals surface area (Å²) in [5, 5.41) is 3.02. The lowest BCUT2D eigenvalue weighted by molar-refractivity contribution is -0.134. The Morgan fingerprint density at radius 3 is 2.22 bits per heavy atom. The largest absolute Gasteiger partial charge is 0.484 e. The van der Waals surface area contributed by atoms with Gasteiger partial charge in [-0.05, 0) is 87.4 Å². The molecule has 0 aromatic heterocycles. The molecule has 2 aromatic rings. The quantitative estimate of drug-likeness (QED) is 0.714. The van der Waals surface area contributed by atoms with Crippen LogP contribution in [0.25, 0.3) is 0 Å². The number of nitrogens with zero attached hydrogens (tertiary/aromatic N) is 1. The maximum absolute atomic E-state index is 12.6. The van der Waals surface area contributed by atoms with E-state index in [4.69, 9.17) is 9.47 Å². The number of rotatable bonds is 7. The molecule has 1 N–H and O–H groups in total. The predicted octanol–water partition coefficient (Wildman–Crippen LogP) is 3.79. The third-order valence-corrected chi connectivity index (χ3v) is 6.27. The van der Waals surface area contributed by atoms with Crippen LogP contribution in [0.4, 0.5) is 0 Å². The molecule has 0 spiro atoms. The molecule has 1 fully saturated rings. The number of benzene rings is 2. The molecule has 1 saturated heterocycles. The first-order valence-corrected chi connectivity index (χ1v) is 11.2. The average molecular weight is 439 g/mol. The number of amides is 2. The molecule has 0 radical (unpaired) electrons. The van der Waals surface area contributed by atoms with Crippen LogP contribution in [-0.4, -0.2) is 49.1 Å². The second-order valence-electron chi connectivity index (χ2n) is 8.70.